The molecule has 1 amide bonds. The number of nitrogens with one attached hydrogen (secondary N) is 2. The quantitative estimate of drug-likeness (QED) is 0.806. The molecule has 1 aromatic heterocycles. The number of aromatic nitrogens is 2. The van der Waals surface area contributed by atoms with E-state index in [0.717, 1.165) is 49.1 Å². The highest BCUT2D eigenvalue weighted by Gasteiger charge is 2.21. The van der Waals surface area contributed by atoms with Crippen LogP contribution in [0.2, 0.25) is 0 Å². The van der Waals surface area contributed by atoms with Crippen LogP contribution in [-0.2, 0) is 19.3 Å². The Morgan fingerprint density at radius 1 is 1.26 bits per heavy atom. The van der Waals surface area contributed by atoms with Gasteiger partial charge >= 0.3 is 0 Å². The maximum absolute atomic E-state index is 12.3. The summed E-state index contributed by atoms with van der Waals surface area (Å²) >= 11 is 0. The highest BCUT2D eigenvalue weighted by molar-refractivity contribution is 5.94. The van der Waals surface area contributed by atoms with Gasteiger partial charge < -0.3 is 10.1 Å². The first-order valence-electron chi connectivity index (χ1n) is 8.25. The number of amides is 1. The maximum atomic E-state index is 12.3. The van der Waals surface area contributed by atoms with E-state index in [1.807, 2.05) is 12.1 Å². The molecule has 5 nitrogen and oxygen atoms in total. The molecule has 0 aliphatic heterocycles. The normalized spacial score (nSPS) is 13.4. The van der Waals surface area contributed by atoms with Gasteiger partial charge in [0.1, 0.15) is 5.75 Å². The van der Waals surface area contributed by atoms with Gasteiger partial charge in [-0.3, -0.25) is 9.89 Å². The summed E-state index contributed by atoms with van der Waals surface area (Å²) in [6, 6.07) is 8.04. The van der Waals surface area contributed by atoms with Crippen LogP contribution in [0.1, 0.15) is 46.6 Å². The van der Waals surface area contributed by atoms with Crippen molar-refractivity contribution in [1.29, 1.82) is 0 Å². The Labute approximate surface area is 136 Å². The van der Waals surface area contributed by atoms with E-state index in [4.69, 9.17) is 4.74 Å². The number of aromatic amines is 1. The van der Waals surface area contributed by atoms with Gasteiger partial charge in [-0.15, -0.1) is 0 Å². The molecule has 0 unspecified atom stereocenters. The monoisotopic (exact) mass is 313 g/mol. The van der Waals surface area contributed by atoms with Crippen LogP contribution in [0.4, 0.5) is 0 Å². The summed E-state index contributed by atoms with van der Waals surface area (Å²) in [4.78, 5) is 12.3. The van der Waals surface area contributed by atoms with Crippen molar-refractivity contribution in [2.45, 2.75) is 38.5 Å². The molecule has 1 heterocycles. The first kappa shape index (κ1) is 15.6. The number of nitrogens with zero attached hydrogens (tertiary/aromatic N) is 1. The molecule has 3 rings (SSSR count). The highest BCUT2D eigenvalue weighted by Crippen LogP contribution is 2.22. The fraction of sp³-hybridized carbons (Fsp3) is 0.444. The largest absolute Gasteiger partial charge is 0.497 e. The predicted octanol–water partition coefficient (Wildman–Crippen LogP) is 2.66. The molecule has 0 spiro atoms. The third-order valence-corrected chi connectivity index (χ3v) is 4.36. The summed E-state index contributed by atoms with van der Waals surface area (Å²) in [5.74, 6) is 0.810. The first-order valence-corrected chi connectivity index (χ1v) is 8.25. The number of rotatable bonds is 6. The van der Waals surface area contributed by atoms with Gasteiger partial charge in [0, 0.05) is 17.8 Å². The van der Waals surface area contributed by atoms with Crippen LogP contribution in [0.5, 0.6) is 5.75 Å². The van der Waals surface area contributed by atoms with E-state index < -0.39 is 0 Å². The van der Waals surface area contributed by atoms with Crippen molar-refractivity contribution in [1.82, 2.24) is 15.5 Å². The van der Waals surface area contributed by atoms with Crippen LogP contribution < -0.4 is 10.1 Å². The van der Waals surface area contributed by atoms with Crippen LogP contribution in [-0.4, -0.2) is 29.8 Å². The van der Waals surface area contributed by atoms with E-state index in [9.17, 15) is 4.79 Å². The molecule has 0 saturated carbocycles. The average molecular weight is 313 g/mol. The number of benzene rings is 1. The van der Waals surface area contributed by atoms with Crippen molar-refractivity contribution < 1.29 is 9.53 Å². The molecular formula is C18H23N3O2. The second kappa shape index (κ2) is 7.31. The summed E-state index contributed by atoms with van der Waals surface area (Å²) in [5.41, 5.74) is 4.09. The van der Waals surface area contributed by atoms with Crippen LogP contribution in [0, 0.1) is 0 Å². The van der Waals surface area contributed by atoms with E-state index in [0.29, 0.717) is 12.2 Å². The van der Waals surface area contributed by atoms with Gasteiger partial charge in [0.15, 0.2) is 5.69 Å². The van der Waals surface area contributed by atoms with Crippen LogP contribution >= 0.6 is 0 Å². The summed E-state index contributed by atoms with van der Waals surface area (Å²) in [6.45, 7) is 0.659. The molecular weight excluding hydrogens is 290 g/mol. The summed E-state index contributed by atoms with van der Waals surface area (Å²) in [6.07, 6.45) is 6.13. The molecule has 5 heteroatoms. The molecule has 0 saturated heterocycles. The maximum Gasteiger partial charge on any atom is 0.272 e. The number of ether oxygens (including phenoxy) is 1. The SMILES string of the molecule is COc1ccc(CCCNC(=O)c2n[nH]c3c2CCCC3)cc1. The number of hydrogen-bond acceptors (Lipinski definition) is 3. The number of carbonyl (C=O) groups excluding carboxylic acids is 1. The van der Waals surface area contributed by atoms with Crippen molar-refractivity contribution in [3.05, 3.63) is 46.8 Å². The fourth-order valence-corrected chi connectivity index (χ4v) is 3.04. The molecule has 0 radical (unpaired) electrons. The lowest BCUT2D eigenvalue weighted by Gasteiger charge is -2.11. The van der Waals surface area contributed by atoms with Gasteiger partial charge in [0.05, 0.1) is 7.11 Å². The third-order valence-electron chi connectivity index (χ3n) is 4.36. The molecule has 1 aliphatic rings. The van der Waals surface area contributed by atoms with Gasteiger partial charge in [-0.1, -0.05) is 12.1 Å². The molecule has 0 atom stereocenters. The fourth-order valence-electron chi connectivity index (χ4n) is 3.04. The van der Waals surface area contributed by atoms with Crippen molar-refractivity contribution in [3.63, 3.8) is 0 Å². The van der Waals surface area contributed by atoms with Crippen molar-refractivity contribution in [2.75, 3.05) is 13.7 Å². The molecule has 2 N–H and O–H groups in total. The number of hydrogen-bond donors (Lipinski definition) is 2. The number of aryl methyl sites for hydroxylation is 2. The lowest BCUT2D eigenvalue weighted by Crippen LogP contribution is -2.26. The molecule has 1 aromatic carbocycles. The number of methoxy groups -OCH3 is 1. The Hall–Kier alpha value is -2.30. The Morgan fingerprint density at radius 3 is 2.83 bits per heavy atom. The van der Waals surface area contributed by atoms with Gasteiger partial charge in [0.25, 0.3) is 5.91 Å². The Balaban J connectivity index is 1.46. The van der Waals surface area contributed by atoms with Gasteiger partial charge in [-0.25, -0.2) is 0 Å². The standard InChI is InChI=1S/C18H23N3O2/c1-23-14-10-8-13(9-11-14)5-4-12-19-18(22)17-15-6-2-3-7-16(15)20-21-17/h8-11H,2-7,12H2,1H3,(H,19,22)(H,20,21). The molecule has 0 bridgehead atoms. The van der Waals surface area contributed by atoms with Crippen LogP contribution in [0.3, 0.4) is 0 Å². The van der Waals surface area contributed by atoms with Crippen molar-refractivity contribution in [2.24, 2.45) is 0 Å². The topological polar surface area (TPSA) is 67.0 Å². The summed E-state index contributed by atoms with van der Waals surface area (Å²) in [5, 5.41) is 10.2. The summed E-state index contributed by atoms with van der Waals surface area (Å²) < 4.78 is 5.15. The lowest BCUT2D eigenvalue weighted by molar-refractivity contribution is 0.0947. The van der Waals surface area contributed by atoms with E-state index in [1.165, 1.54) is 12.0 Å². The smallest absolute Gasteiger partial charge is 0.272 e. The van der Waals surface area contributed by atoms with Crippen LogP contribution in [0.15, 0.2) is 24.3 Å². The first-order chi connectivity index (χ1) is 11.3. The lowest BCUT2D eigenvalue weighted by atomic mass is 9.96. The molecule has 2 aromatic rings. The zero-order chi connectivity index (χ0) is 16.1. The minimum absolute atomic E-state index is 0.0564. The van der Waals surface area contributed by atoms with Gasteiger partial charge in [0.2, 0.25) is 0 Å². The summed E-state index contributed by atoms with van der Waals surface area (Å²) in [7, 11) is 1.66. The number of H-pyrrole nitrogens is 1. The zero-order valence-corrected chi connectivity index (χ0v) is 13.5. The molecule has 0 fully saturated rings. The average Bonchev–Trinajstić information content (AvgIpc) is 3.03. The minimum atomic E-state index is -0.0564. The Bertz CT molecular complexity index is 661. The zero-order valence-electron chi connectivity index (χ0n) is 13.5. The van der Waals surface area contributed by atoms with E-state index in [1.54, 1.807) is 7.11 Å². The Kier molecular flexibility index (Phi) is 4.95. The van der Waals surface area contributed by atoms with E-state index in [2.05, 4.69) is 27.6 Å². The number of carbonyl (C=O) groups is 1. The molecule has 1 aliphatic carbocycles. The molecule has 23 heavy (non-hydrogen) atoms. The second-order valence-corrected chi connectivity index (χ2v) is 5.94. The van der Waals surface area contributed by atoms with Gasteiger partial charge in [-0.05, 0) is 56.2 Å². The number of fused-ring (bicyclic) bond motifs is 1. The third kappa shape index (κ3) is 3.73. The Morgan fingerprint density at radius 2 is 2.04 bits per heavy atom. The molecule has 122 valence electrons. The minimum Gasteiger partial charge on any atom is -0.497 e. The second-order valence-electron chi connectivity index (χ2n) is 5.94. The highest BCUT2D eigenvalue weighted by atomic mass is 16.5. The van der Waals surface area contributed by atoms with E-state index >= 15 is 0 Å². The van der Waals surface area contributed by atoms with Crippen LogP contribution in [0.25, 0.3) is 0 Å². The van der Waals surface area contributed by atoms with E-state index in [-0.39, 0.29) is 5.91 Å². The van der Waals surface area contributed by atoms with Crippen molar-refractivity contribution >= 4 is 5.91 Å². The van der Waals surface area contributed by atoms with Crippen molar-refractivity contribution in [3.8, 4) is 5.75 Å². The predicted molar refractivity (Wildman–Crippen MR) is 88.9 cm³/mol. The van der Waals surface area contributed by atoms with Gasteiger partial charge in [-0.2, -0.15) is 5.10 Å².